The molecular weight excluding hydrogens is 264 g/mol. The number of rotatable bonds is 4. The number of hydrogen-bond donors (Lipinski definition) is 3. The van der Waals surface area contributed by atoms with Crippen molar-refractivity contribution in [3.05, 3.63) is 41.6 Å². The van der Waals surface area contributed by atoms with Crippen molar-refractivity contribution in [3.63, 3.8) is 0 Å². The summed E-state index contributed by atoms with van der Waals surface area (Å²) in [5.41, 5.74) is 3.64. The summed E-state index contributed by atoms with van der Waals surface area (Å²) in [4.78, 5) is 8.82. The van der Waals surface area contributed by atoms with E-state index in [-0.39, 0.29) is 0 Å². The van der Waals surface area contributed by atoms with E-state index in [0.29, 0.717) is 11.9 Å². The van der Waals surface area contributed by atoms with Gasteiger partial charge in [0, 0.05) is 19.5 Å². The van der Waals surface area contributed by atoms with Gasteiger partial charge >= 0.3 is 0 Å². The Morgan fingerprint density at radius 1 is 1.29 bits per heavy atom. The normalized spacial score (nSPS) is 16.3. The Kier molecular flexibility index (Phi) is 2.73. The summed E-state index contributed by atoms with van der Waals surface area (Å²) in [6.07, 6.45) is 2.88. The van der Waals surface area contributed by atoms with Gasteiger partial charge in [-0.25, -0.2) is 0 Å². The van der Waals surface area contributed by atoms with E-state index in [1.807, 2.05) is 7.05 Å². The highest BCUT2D eigenvalue weighted by Crippen LogP contribution is 2.35. The second kappa shape index (κ2) is 4.73. The van der Waals surface area contributed by atoms with Gasteiger partial charge in [-0.2, -0.15) is 15.1 Å². The Morgan fingerprint density at radius 2 is 2.19 bits per heavy atom. The topological polar surface area (TPSA) is 78.5 Å². The molecule has 3 aromatic rings. The van der Waals surface area contributed by atoms with Gasteiger partial charge in [-0.05, 0) is 17.5 Å². The molecule has 2 heterocycles. The molecule has 1 aromatic carbocycles. The molecule has 0 aliphatic heterocycles. The second-order valence-electron chi connectivity index (χ2n) is 5.26. The Bertz CT molecular complexity index is 794. The number of hydrogen-bond acceptors (Lipinski definition) is 5. The average molecular weight is 280 g/mol. The molecular formula is C15H16N6. The van der Waals surface area contributed by atoms with Crippen molar-refractivity contribution < 1.29 is 0 Å². The van der Waals surface area contributed by atoms with Crippen LogP contribution in [0.3, 0.4) is 0 Å². The van der Waals surface area contributed by atoms with Crippen LogP contribution in [-0.2, 0) is 6.42 Å². The third-order valence-electron chi connectivity index (χ3n) is 4.01. The highest BCUT2D eigenvalue weighted by atomic mass is 15.2. The lowest BCUT2D eigenvalue weighted by Gasteiger charge is -2.30. The first kappa shape index (κ1) is 12.1. The fourth-order valence-corrected chi connectivity index (χ4v) is 2.85. The van der Waals surface area contributed by atoms with Crippen LogP contribution >= 0.6 is 0 Å². The van der Waals surface area contributed by atoms with Crippen molar-refractivity contribution in [2.75, 3.05) is 24.2 Å². The van der Waals surface area contributed by atoms with E-state index < -0.39 is 0 Å². The van der Waals surface area contributed by atoms with Crippen molar-refractivity contribution in [2.45, 2.75) is 12.3 Å². The van der Waals surface area contributed by atoms with E-state index in [1.54, 1.807) is 6.20 Å². The molecule has 106 valence electrons. The fraction of sp³-hybridized carbons (Fsp3) is 0.267. The van der Waals surface area contributed by atoms with Crippen molar-refractivity contribution in [1.82, 2.24) is 20.2 Å². The summed E-state index contributed by atoms with van der Waals surface area (Å²) in [5.74, 6) is 1.96. The monoisotopic (exact) mass is 280 g/mol. The minimum absolute atomic E-state index is 0.552. The van der Waals surface area contributed by atoms with E-state index in [9.17, 15) is 0 Å². The number of H-pyrrole nitrogens is 1. The first-order chi connectivity index (χ1) is 10.3. The summed E-state index contributed by atoms with van der Waals surface area (Å²) in [6.45, 7) is 0.872. The number of aromatic nitrogens is 4. The summed E-state index contributed by atoms with van der Waals surface area (Å²) < 4.78 is 0. The third-order valence-corrected chi connectivity index (χ3v) is 4.01. The zero-order valence-electron chi connectivity index (χ0n) is 11.7. The van der Waals surface area contributed by atoms with Gasteiger partial charge in [0.2, 0.25) is 5.95 Å². The Labute approximate surface area is 122 Å². The maximum absolute atomic E-state index is 4.48. The molecule has 6 nitrogen and oxygen atoms in total. The lowest BCUT2D eigenvalue weighted by molar-refractivity contribution is 0.635. The SMILES string of the molecule is CNc1nc(NCC2Cc3ccccc32)c2cn[nH]c2n1. The highest BCUT2D eigenvalue weighted by Gasteiger charge is 2.25. The maximum atomic E-state index is 4.48. The number of aromatic amines is 1. The average Bonchev–Trinajstić information content (AvgIpc) is 2.96. The van der Waals surface area contributed by atoms with E-state index in [4.69, 9.17) is 0 Å². The molecule has 3 N–H and O–H groups in total. The highest BCUT2D eigenvalue weighted by molar-refractivity contribution is 5.87. The van der Waals surface area contributed by atoms with Crippen LogP contribution in [-0.4, -0.2) is 33.8 Å². The molecule has 1 unspecified atom stereocenters. The molecule has 0 saturated heterocycles. The molecule has 0 fully saturated rings. The van der Waals surface area contributed by atoms with Crippen molar-refractivity contribution in [1.29, 1.82) is 0 Å². The van der Waals surface area contributed by atoms with Crippen LogP contribution in [0, 0.1) is 0 Å². The Balaban J connectivity index is 1.57. The van der Waals surface area contributed by atoms with Crippen LogP contribution in [0.15, 0.2) is 30.5 Å². The molecule has 2 aromatic heterocycles. The summed E-state index contributed by atoms with van der Waals surface area (Å²) in [5, 5.41) is 14.3. The van der Waals surface area contributed by atoms with E-state index in [1.165, 1.54) is 11.1 Å². The smallest absolute Gasteiger partial charge is 0.226 e. The van der Waals surface area contributed by atoms with E-state index in [0.717, 1.165) is 29.8 Å². The van der Waals surface area contributed by atoms with Gasteiger partial charge in [-0.15, -0.1) is 0 Å². The minimum atomic E-state index is 0.552. The first-order valence-electron chi connectivity index (χ1n) is 7.05. The van der Waals surface area contributed by atoms with Crippen molar-refractivity contribution in [2.24, 2.45) is 0 Å². The molecule has 1 atom stereocenters. The minimum Gasteiger partial charge on any atom is -0.369 e. The largest absolute Gasteiger partial charge is 0.369 e. The summed E-state index contributed by atoms with van der Waals surface area (Å²) in [7, 11) is 1.81. The lowest BCUT2D eigenvalue weighted by Crippen LogP contribution is -2.24. The van der Waals surface area contributed by atoms with Gasteiger partial charge < -0.3 is 10.6 Å². The first-order valence-corrected chi connectivity index (χ1v) is 7.05. The molecule has 21 heavy (non-hydrogen) atoms. The Morgan fingerprint density at radius 3 is 3.05 bits per heavy atom. The summed E-state index contributed by atoms with van der Waals surface area (Å²) >= 11 is 0. The van der Waals surface area contributed by atoms with Gasteiger partial charge in [-0.3, -0.25) is 5.10 Å². The zero-order valence-corrected chi connectivity index (χ0v) is 11.7. The van der Waals surface area contributed by atoms with E-state index >= 15 is 0 Å². The molecule has 6 heteroatoms. The summed E-state index contributed by atoms with van der Waals surface area (Å²) in [6, 6.07) is 8.60. The number of anilines is 2. The molecule has 0 bridgehead atoms. The lowest BCUT2D eigenvalue weighted by atomic mass is 9.77. The quantitative estimate of drug-likeness (QED) is 0.682. The van der Waals surface area contributed by atoms with Crippen molar-refractivity contribution >= 4 is 22.8 Å². The van der Waals surface area contributed by atoms with Crippen LogP contribution in [0.5, 0.6) is 0 Å². The van der Waals surface area contributed by atoms with Crippen LogP contribution in [0.1, 0.15) is 17.0 Å². The second-order valence-corrected chi connectivity index (χ2v) is 5.26. The van der Waals surface area contributed by atoms with Crippen LogP contribution in [0.2, 0.25) is 0 Å². The van der Waals surface area contributed by atoms with E-state index in [2.05, 4.69) is 55.1 Å². The molecule has 4 rings (SSSR count). The van der Waals surface area contributed by atoms with Gasteiger partial charge in [0.15, 0.2) is 5.65 Å². The van der Waals surface area contributed by atoms with Gasteiger partial charge in [0.05, 0.1) is 11.6 Å². The van der Waals surface area contributed by atoms with Crippen LogP contribution in [0.25, 0.3) is 11.0 Å². The molecule has 0 spiro atoms. The Hall–Kier alpha value is -2.63. The van der Waals surface area contributed by atoms with Gasteiger partial charge in [0.25, 0.3) is 0 Å². The number of fused-ring (bicyclic) bond motifs is 2. The molecule has 1 aliphatic carbocycles. The molecule has 0 radical (unpaired) electrons. The zero-order chi connectivity index (χ0) is 14.2. The fourth-order valence-electron chi connectivity index (χ4n) is 2.85. The standard InChI is InChI=1S/C15H16N6/c1-16-15-19-13(12-8-18-21-14(12)20-15)17-7-10-6-9-4-2-3-5-11(9)10/h2-5,8,10H,6-7H2,1H3,(H3,16,17,18,19,20,21). The van der Waals surface area contributed by atoms with Crippen LogP contribution in [0.4, 0.5) is 11.8 Å². The van der Waals surface area contributed by atoms with Crippen LogP contribution < -0.4 is 10.6 Å². The predicted octanol–water partition coefficient (Wildman–Crippen LogP) is 2.15. The van der Waals surface area contributed by atoms with Crippen molar-refractivity contribution in [3.8, 4) is 0 Å². The molecule has 0 saturated carbocycles. The maximum Gasteiger partial charge on any atom is 0.226 e. The number of nitrogens with one attached hydrogen (secondary N) is 3. The van der Waals surface area contributed by atoms with Gasteiger partial charge in [-0.1, -0.05) is 24.3 Å². The number of benzene rings is 1. The number of nitrogens with zero attached hydrogens (tertiary/aromatic N) is 3. The third kappa shape index (κ3) is 1.99. The molecule has 1 aliphatic rings. The molecule has 0 amide bonds. The van der Waals surface area contributed by atoms with Gasteiger partial charge in [0.1, 0.15) is 5.82 Å². The predicted molar refractivity (Wildman–Crippen MR) is 82.6 cm³/mol.